The molecule has 1 rings (SSSR count). The number of halogens is 1. The van der Waals surface area contributed by atoms with Crippen LogP contribution in [-0.2, 0) is 0 Å². The fourth-order valence-electron chi connectivity index (χ4n) is 1.21. The summed E-state index contributed by atoms with van der Waals surface area (Å²) in [5.41, 5.74) is 1.66. The quantitative estimate of drug-likeness (QED) is 0.639. The van der Waals surface area contributed by atoms with Gasteiger partial charge in [0, 0.05) is 6.54 Å². The highest BCUT2D eigenvalue weighted by Crippen LogP contribution is 2.20. The van der Waals surface area contributed by atoms with Crippen LogP contribution in [-0.4, -0.2) is 13.1 Å². The van der Waals surface area contributed by atoms with Crippen LogP contribution in [0.25, 0.3) is 0 Å². The van der Waals surface area contributed by atoms with Crippen LogP contribution in [0.4, 0.5) is 4.39 Å². The predicted octanol–water partition coefficient (Wildman–Crippen LogP) is 1.95. The Labute approximate surface area is 66.3 Å². The van der Waals surface area contributed by atoms with Crippen LogP contribution in [0.15, 0.2) is 36.2 Å². The van der Waals surface area contributed by atoms with Crippen molar-refractivity contribution in [2.75, 3.05) is 13.1 Å². The number of hydrogen-bond acceptors (Lipinski definition) is 1. The average Bonchev–Trinajstić information content (AvgIpc) is 2.04. The van der Waals surface area contributed by atoms with Crippen molar-refractivity contribution in [3.63, 3.8) is 0 Å². The standard InChI is InChI=1S/C9H12FN/c1-3-8-6-11-5-4-9(8)7(2)10/h3,11H,1-2,4-6H2. The molecule has 60 valence electrons. The molecule has 0 saturated heterocycles. The van der Waals surface area contributed by atoms with Crippen LogP contribution in [0.1, 0.15) is 6.42 Å². The third-order valence-corrected chi connectivity index (χ3v) is 1.83. The van der Waals surface area contributed by atoms with E-state index in [9.17, 15) is 4.39 Å². The van der Waals surface area contributed by atoms with Crippen LogP contribution in [0.3, 0.4) is 0 Å². The van der Waals surface area contributed by atoms with E-state index in [1.807, 2.05) is 0 Å². The van der Waals surface area contributed by atoms with Gasteiger partial charge in [0.05, 0.1) is 0 Å². The molecule has 0 spiro atoms. The fraction of sp³-hybridized carbons (Fsp3) is 0.333. The Morgan fingerprint density at radius 2 is 2.36 bits per heavy atom. The van der Waals surface area contributed by atoms with E-state index in [4.69, 9.17) is 0 Å². The molecule has 0 aromatic rings. The summed E-state index contributed by atoms with van der Waals surface area (Å²) < 4.78 is 12.7. The van der Waals surface area contributed by atoms with E-state index in [2.05, 4.69) is 18.5 Å². The highest BCUT2D eigenvalue weighted by molar-refractivity contribution is 5.37. The maximum atomic E-state index is 12.7. The first-order valence-electron chi connectivity index (χ1n) is 3.65. The summed E-state index contributed by atoms with van der Waals surface area (Å²) in [4.78, 5) is 0. The highest BCUT2D eigenvalue weighted by atomic mass is 19.1. The lowest BCUT2D eigenvalue weighted by Gasteiger charge is -2.17. The van der Waals surface area contributed by atoms with E-state index in [1.54, 1.807) is 6.08 Å². The lowest BCUT2D eigenvalue weighted by Crippen LogP contribution is -2.24. The normalized spacial score (nSPS) is 18.3. The minimum Gasteiger partial charge on any atom is -0.312 e. The average molecular weight is 153 g/mol. The largest absolute Gasteiger partial charge is 0.312 e. The van der Waals surface area contributed by atoms with Crippen molar-refractivity contribution in [1.82, 2.24) is 5.32 Å². The van der Waals surface area contributed by atoms with Crippen LogP contribution in [0.5, 0.6) is 0 Å². The van der Waals surface area contributed by atoms with Crippen LogP contribution >= 0.6 is 0 Å². The highest BCUT2D eigenvalue weighted by Gasteiger charge is 2.11. The van der Waals surface area contributed by atoms with Crippen molar-refractivity contribution < 1.29 is 4.39 Å². The molecule has 2 heteroatoms. The van der Waals surface area contributed by atoms with Gasteiger partial charge >= 0.3 is 0 Å². The zero-order valence-corrected chi connectivity index (χ0v) is 6.49. The Kier molecular flexibility index (Phi) is 2.60. The molecule has 0 unspecified atom stereocenters. The van der Waals surface area contributed by atoms with Gasteiger partial charge in [0.1, 0.15) is 5.83 Å². The van der Waals surface area contributed by atoms with E-state index in [0.29, 0.717) is 6.54 Å². The molecule has 0 aliphatic carbocycles. The molecule has 1 N–H and O–H groups in total. The van der Waals surface area contributed by atoms with Crippen molar-refractivity contribution in [1.29, 1.82) is 0 Å². The van der Waals surface area contributed by atoms with Gasteiger partial charge in [-0.2, -0.15) is 0 Å². The van der Waals surface area contributed by atoms with E-state index >= 15 is 0 Å². The Bertz CT molecular complexity index is 216. The van der Waals surface area contributed by atoms with Gasteiger partial charge in [-0.05, 0) is 24.1 Å². The zero-order chi connectivity index (χ0) is 8.27. The van der Waals surface area contributed by atoms with Crippen LogP contribution in [0.2, 0.25) is 0 Å². The molecule has 0 fully saturated rings. The summed E-state index contributed by atoms with van der Waals surface area (Å²) in [6, 6.07) is 0. The minimum atomic E-state index is -0.318. The molecular weight excluding hydrogens is 141 g/mol. The molecule has 1 aliphatic heterocycles. The van der Waals surface area contributed by atoms with Gasteiger partial charge in [0.25, 0.3) is 0 Å². The Morgan fingerprint density at radius 1 is 1.64 bits per heavy atom. The van der Waals surface area contributed by atoms with E-state index < -0.39 is 0 Å². The van der Waals surface area contributed by atoms with Gasteiger partial charge in [0.2, 0.25) is 0 Å². The van der Waals surface area contributed by atoms with Crippen molar-refractivity contribution in [3.05, 3.63) is 36.2 Å². The van der Waals surface area contributed by atoms with Crippen molar-refractivity contribution in [3.8, 4) is 0 Å². The summed E-state index contributed by atoms with van der Waals surface area (Å²) in [5, 5.41) is 3.13. The van der Waals surface area contributed by atoms with Gasteiger partial charge in [-0.3, -0.25) is 0 Å². The van der Waals surface area contributed by atoms with Gasteiger partial charge in [-0.15, -0.1) is 0 Å². The molecule has 0 aromatic heterocycles. The molecule has 1 aliphatic rings. The first-order valence-corrected chi connectivity index (χ1v) is 3.65. The molecule has 0 aromatic carbocycles. The maximum Gasteiger partial charge on any atom is 0.119 e. The topological polar surface area (TPSA) is 12.0 Å². The summed E-state index contributed by atoms with van der Waals surface area (Å²) in [7, 11) is 0. The molecule has 0 amide bonds. The Morgan fingerprint density at radius 3 is 2.82 bits per heavy atom. The zero-order valence-electron chi connectivity index (χ0n) is 6.49. The second-order valence-corrected chi connectivity index (χ2v) is 2.54. The molecule has 11 heavy (non-hydrogen) atoms. The summed E-state index contributed by atoms with van der Waals surface area (Å²) in [6.07, 6.45) is 2.41. The molecule has 0 radical (unpaired) electrons. The van der Waals surface area contributed by atoms with Crippen molar-refractivity contribution >= 4 is 0 Å². The van der Waals surface area contributed by atoms with Crippen molar-refractivity contribution in [2.24, 2.45) is 0 Å². The van der Waals surface area contributed by atoms with Crippen molar-refractivity contribution in [2.45, 2.75) is 6.42 Å². The Hall–Kier alpha value is -0.890. The Balaban J connectivity index is 2.90. The van der Waals surface area contributed by atoms with Gasteiger partial charge in [-0.1, -0.05) is 19.2 Å². The van der Waals surface area contributed by atoms with Gasteiger partial charge in [0.15, 0.2) is 0 Å². The maximum absolute atomic E-state index is 12.7. The van der Waals surface area contributed by atoms with E-state index in [0.717, 1.165) is 24.1 Å². The summed E-state index contributed by atoms with van der Waals surface area (Å²) in [6.45, 7) is 8.43. The molecule has 0 atom stereocenters. The van der Waals surface area contributed by atoms with Crippen LogP contribution < -0.4 is 5.32 Å². The fourth-order valence-corrected chi connectivity index (χ4v) is 1.21. The molecule has 1 heterocycles. The number of nitrogens with one attached hydrogen (secondary N) is 1. The number of allylic oxidation sites excluding steroid dienone is 1. The summed E-state index contributed by atoms with van der Waals surface area (Å²) >= 11 is 0. The SMILES string of the molecule is C=CC1=C(C(=C)F)CCNC1. The molecule has 0 bridgehead atoms. The van der Waals surface area contributed by atoms with Crippen LogP contribution in [0, 0.1) is 0 Å². The monoisotopic (exact) mass is 153 g/mol. The third kappa shape index (κ3) is 1.77. The van der Waals surface area contributed by atoms with Gasteiger partial charge < -0.3 is 5.32 Å². The minimum absolute atomic E-state index is 0.318. The predicted molar refractivity (Wildman–Crippen MR) is 45.0 cm³/mol. The first-order chi connectivity index (χ1) is 5.25. The lowest BCUT2D eigenvalue weighted by molar-refractivity contribution is 0.607. The smallest absolute Gasteiger partial charge is 0.119 e. The molecule has 1 nitrogen and oxygen atoms in total. The molecular formula is C9H12FN. The number of rotatable bonds is 2. The van der Waals surface area contributed by atoms with Gasteiger partial charge in [-0.25, -0.2) is 4.39 Å². The van der Waals surface area contributed by atoms with E-state index in [1.165, 1.54) is 0 Å². The molecule has 0 saturated carbocycles. The first kappa shape index (κ1) is 8.21. The third-order valence-electron chi connectivity index (χ3n) is 1.83. The second kappa shape index (κ2) is 3.49. The van der Waals surface area contributed by atoms with E-state index in [-0.39, 0.29) is 5.83 Å². The summed E-state index contributed by atoms with van der Waals surface area (Å²) in [5.74, 6) is -0.318. The lowest BCUT2D eigenvalue weighted by atomic mass is 10.0. The number of hydrogen-bond donors (Lipinski definition) is 1. The second-order valence-electron chi connectivity index (χ2n) is 2.54.